The number of carbonyl (C=O) groups excluding carboxylic acids is 2. The highest BCUT2D eigenvalue weighted by Gasteiger charge is 2.19. The lowest BCUT2D eigenvalue weighted by atomic mass is 9.97. The van der Waals surface area contributed by atoms with Gasteiger partial charge in [-0.25, -0.2) is 4.39 Å². The van der Waals surface area contributed by atoms with Crippen LogP contribution in [0, 0.1) is 5.82 Å². The van der Waals surface area contributed by atoms with Crippen LogP contribution in [0.15, 0.2) is 48.5 Å². The van der Waals surface area contributed by atoms with Crippen LogP contribution in [-0.2, 0) is 0 Å². The molecule has 1 unspecified atom stereocenters. The minimum atomic E-state index is -0.413. The Bertz CT molecular complexity index is 735. The maximum atomic E-state index is 13.1. The lowest BCUT2D eigenvalue weighted by Gasteiger charge is -2.17. The predicted octanol–water partition coefficient (Wildman–Crippen LogP) is 3.73. The molecule has 4 nitrogen and oxygen atoms in total. The summed E-state index contributed by atoms with van der Waals surface area (Å²) in [4.78, 5) is 25.3. The summed E-state index contributed by atoms with van der Waals surface area (Å²) in [5, 5.41) is 2.90. The molecule has 0 bridgehead atoms. The van der Waals surface area contributed by atoms with Crippen molar-refractivity contribution in [2.24, 2.45) is 5.73 Å². The van der Waals surface area contributed by atoms with E-state index in [0.717, 1.165) is 19.3 Å². The minimum absolute atomic E-state index is 0. The topological polar surface area (TPSA) is 72.2 Å². The van der Waals surface area contributed by atoms with Crippen molar-refractivity contribution < 1.29 is 14.0 Å². The van der Waals surface area contributed by atoms with E-state index in [1.165, 1.54) is 24.3 Å². The Morgan fingerprint density at radius 2 is 1.69 bits per heavy atom. The highest BCUT2D eigenvalue weighted by Crippen LogP contribution is 2.16. The first-order chi connectivity index (χ1) is 12.1. The summed E-state index contributed by atoms with van der Waals surface area (Å²) in [6.45, 7) is 2.42. The van der Waals surface area contributed by atoms with Crippen LogP contribution in [0.4, 0.5) is 4.39 Å². The van der Waals surface area contributed by atoms with Gasteiger partial charge in [-0.2, -0.15) is 0 Å². The Morgan fingerprint density at radius 1 is 1.08 bits per heavy atom. The summed E-state index contributed by atoms with van der Waals surface area (Å²) in [6.07, 6.45) is 2.79. The van der Waals surface area contributed by atoms with Gasteiger partial charge >= 0.3 is 0 Å². The molecule has 0 fully saturated rings. The number of ketones is 1. The molecule has 2 aromatic rings. The van der Waals surface area contributed by atoms with Crippen LogP contribution in [0.5, 0.6) is 0 Å². The average Bonchev–Trinajstić information content (AvgIpc) is 2.65. The number of benzene rings is 2. The van der Waals surface area contributed by atoms with Crippen LogP contribution in [0.25, 0.3) is 0 Å². The molecule has 2 rings (SSSR count). The molecule has 6 heteroatoms. The molecule has 26 heavy (non-hydrogen) atoms. The Balaban J connectivity index is 0.00000338. The smallest absolute Gasteiger partial charge is 0.252 e. The number of unbranched alkanes of at least 4 members (excludes halogenated alkanes) is 1. The molecular weight excluding hydrogens is 355 g/mol. The molecule has 140 valence electrons. The summed E-state index contributed by atoms with van der Waals surface area (Å²) in [6, 6.07) is 11.8. The van der Waals surface area contributed by atoms with Crippen LogP contribution in [0.1, 0.15) is 52.5 Å². The normalized spacial score (nSPS) is 11.3. The van der Waals surface area contributed by atoms with Crippen LogP contribution in [0.3, 0.4) is 0 Å². The van der Waals surface area contributed by atoms with E-state index in [0.29, 0.717) is 17.7 Å². The van der Waals surface area contributed by atoms with Crippen LogP contribution in [0.2, 0.25) is 0 Å². The SMILES string of the molecule is CCCCC(CN)NC(=O)c1ccccc1C(=O)c1ccc(F)cc1.Cl. The third-order valence-corrected chi connectivity index (χ3v) is 4.05. The number of hydrogen-bond acceptors (Lipinski definition) is 3. The molecule has 0 aromatic heterocycles. The predicted molar refractivity (Wildman–Crippen MR) is 103 cm³/mol. The molecule has 0 aliphatic heterocycles. The van der Waals surface area contributed by atoms with Gasteiger partial charge in [0.2, 0.25) is 0 Å². The monoisotopic (exact) mass is 378 g/mol. The van der Waals surface area contributed by atoms with Gasteiger partial charge in [-0.1, -0.05) is 38.0 Å². The van der Waals surface area contributed by atoms with Crippen molar-refractivity contribution >= 4 is 24.1 Å². The average molecular weight is 379 g/mol. The van der Waals surface area contributed by atoms with Crippen molar-refractivity contribution in [2.45, 2.75) is 32.2 Å². The number of nitrogens with two attached hydrogens (primary N) is 1. The van der Waals surface area contributed by atoms with Crippen LogP contribution in [-0.4, -0.2) is 24.3 Å². The van der Waals surface area contributed by atoms with Crippen LogP contribution < -0.4 is 11.1 Å². The van der Waals surface area contributed by atoms with E-state index in [2.05, 4.69) is 12.2 Å². The molecule has 0 spiro atoms. The zero-order valence-corrected chi connectivity index (χ0v) is 15.5. The molecule has 0 aliphatic carbocycles. The van der Waals surface area contributed by atoms with Gasteiger partial charge in [-0.05, 0) is 36.8 Å². The zero-order valence-electron chi connectivity index (χ0n) is 14.7. The Kier molecular flexibility index (Phi) is 8.96. The van der Waals surface area contributed by atoms with Crippen molar-refractivity contribution in [1.82, 2.24) is 5.32 Å². The third-order valence-electron chi connectivity index (χ3n) is 4.05. The van der Waals surface area contributed by atoms with E-state index in [1.807, 2.05) is 0 Å². The van der Waals surface area contributed by atoms with Crippen molar-refractivity contribution in [3.63, 3.8) is 0 Å². The minimum Gasteiger partial charge on any atom is -0.348 e. The maximum absolute atomic E-state index is 13.1. The highest BCUT2D eigenvalue weighted by atomic mass is 35.5. The standard InChI is InChI=1S/C20H23FN2O2.ClH/c1-2-3-6-16(13-22)23-20(25)18-8-5-4-7-17(18)19(24)14-9-11-15(21)12-10-14;/h4-5,7-12,16H,2-3,6,13,22H2,1H3,(H,23,25);1H. The van der Waals surface area contributed by atoms with E-state index < -0.39 is 5.82 Å². The number of carbonyl (C=O) groups is 2. The fraction of sp³-hybridized carbons (Fsp3) is 0.300. The van der Waals surface area contributed by atoms with Gasteiger partial charge in [0.1, 0.15) is 5.82 Å². The van der Waals surface area contributed by atoms with Gasteiger partial charge in [0.05, 0.1) is 5.56 Å². The van der Waals surface area contributed by atoms with Gasteiger partial charge in [0.15, 0.2) is 5.78 Å². The number of rotatable bonds is 8. The van der Waals surface area contributed by atoms with Gasteiger partial charge in [0, 0.05) is 23.7 Å². The molecule has 2 aromatic carbocycles. The third kappa shape index (κ3) is 5.64. The van der Waals surface area contributed by atoms with Crippen molar-refractivity contribution in [1.29, 1.82) is 0 Å². The lowest BCUT2D eigenvalue weighted by molar-refractivity contribution is 0.0926. The Hall–Kier alpha value is -2.24. The maximum Gasteiger partial charge on any atom is 0.252 e. The summed E-state index contributed by atoms with van der Waals surface area (Å²) < 4.78 is 13.1. The summed E-state index contributed by atoms with van der Waals surface area (Å²) in [5.41, 5.74) is 6.65. The number of nitrogens with one attached hydrogen (secondary N) is 1. The molecule has 1 atom stereocenters. The Morgan fingerprint density at radius 3 is 2.27 bits per heavy atom. The molecular formula is C20H24ClFN2O2. The first-order valence-electron chi connectivity index (χ1n) is 8.47. The molecule has 3 N–H and O–H groups in total. The fourth-order valence-corrected chi connectivity index (χ4v) is 2.60. The van der Waals surface area contributed by atoms with E-state index in [9.17, 15) is 14.0 Å². The van der Waals surface area contributed by atoms with Crippen molar-refractivity contribution in [2.75, 3.05) is 6.54 Å². The first kappa shape index (κ1) is 21.8. The highest BCUT2D eigenvalue weighted by molar-refractivity contribution is 6.15. The molecule has 0 aliphatic rings. The van der Waals surface area contributed by atoms with E-state index >= 15 is 0 Å². The molecule has 0 saturated heterocycles. The van der Waals surface area contributed by atoms with Crippen LogP contribution >= 0.6 is 12.4 Å². The second-order valence-electron chi connectivity index (χ2n) is 5.93. The summed E-state index contributed by atoms with van der Waals surface area (Å²) >= 11 is 0. The fourth-order valence-electron chi connectivity index (χ4n) is 2.60. The quantitative estimate of drug-likeness (QED) is 0.687. The van der Waals surface area contributed by atoms with E-state index in [4.69, 9.17) is 5.73 Å². The number of amides is 1. The Labute approximate surface area is 159 Å². The second-order valence-corrected chi connectivity index (χ2v) is 5.93. The molecule has 1 amide bonds. The van der Waals surface area contributed by atoms with E-state index in [1.54, 1.807) is 24.3 Å². The van der Waals surface area contributed by atoms with E-state index in [-0.39, 0.29) is 35.7 Å². The second kappa shape index (κ2) is 10.7. The molecule has 0 saturated carbocycles. The molecule has 0 radical (unpaired) electrons. The lowest BCUT2D eigenvalue weighted by Crippen LogP contribution is -2.40. The molecule has 0 heterocycles. The summed E-state index contributed by atoms with van der Waals surface area (Å²) in [5.74, 6) is -1.05. The van der Waals surface area contributed by atoms with Gasteiger partial charge in [-0.15, -0.1) is 12.4 Å². The van der Waals surface area contributed by atoms with Gasteiger partial charge in [-0.3, -0.25) is 9.59 Å². The number of halogens is 2. The van der Waals surface area contributed by atoms with Crippen molar-refractivity contribution in [3.8, 4) is 0 Å². The zero-order chi connectivity index (χ0) is 18.2. The summed E-state index contributed by atoms with van der Waals surface area (Å²) in [7, 11) is 0. The van der Waals surface area contributed by atoms with Gasteiger partial charge in [0.25, 0.3) is 5.91 Å². The first-order valence-corrected chi connectivity index (χ1v) is 8.47. The van der Waals surface area contributed by atoms with Gasteiger partial charge < -0.3 is 11.1 Å². The van der Waals surface area contributed by atoms with Crippen molar-refractivity contribution in [3.05, 3.63) is 71.0 Å². The number of hydrogen-bond donors (Lipinski definition) is 2. The largest absolute Gasteiger partial charge is 0.348 e.